The number of hydrogen-bond acceptors (Lipinski definition) is 3. The average Bonchev–Trinajstić information content (AvgIpc) is 2.35. The molecule has 4 N–H and O–H groups in total. The van der Waals surface area contributed by atoms with Gasteiger partial charge in [0, 0.05) is 25.7 Å². The van der Waals surface area contributed by atoms with Crippen molar-refractivity contribution in [2.24, 2.45) is 10.9 Å². The predicted molar refractivity (Wildman–Crippen MR) is 66.1 cm³/mol. The molecule has 0 atom stereocenters. The molecule has 0 saturated carbocycles. The summed E-state index contributed by atoms with van der Waals surface area (Å²) in [6.45, 7) is 0.289. The maximum absolute atomic E-state index is 12.9. The molecular weight excluding hydrogens is 239 g/mol. The average molecular weight is 254 g/mol. The van der Waals surface area contributed by atoms with E-state index in [0.29, 0.717) is 5.69 Å². The normalized spacial score (nSPS) is 11.1. The highest BCUT2D eigenvalue weighted by Gasteiger charge is 2.09. The van der Waals surface area contributed by atoms with E-state index >= 15 is 0 Å². The molecule has 7 heteroatoms. The van der Waals surface area contributed by atoms with Crippen LogP contribution in [0.1, 0.15) is 6.42 Å². The first-order valence-electron chi connectivity index (χ1n) is 5.27. The number of amides is 2. The number of carbonyl (C=O) groups is 1. The Morgan fingerprint density at radius 1 is 1.61 bits per heavy atom. The molecule has 0 heterocycles. The van der Waals surface area contributed by atoms with Crippen LogP contribution in [0.2, 0.25) is 0 Å². The number of nitrogens with zero attached hydrogens (tertiary/aromatic N) is 2. The Bertz CT molecular complexity index is 450. The first-order valence-corrected chi connectivity index (χ1v) is 5.27. The summed E-state index contributed by atoms with van der Waals surface area (Å²) >= 11 is 0. The third kappa shape index (κ3) is 4.28. The summed E-state index contributed by atoms with van der Waals surface area (Å²) in [7, 11) is 1.55. The number of nitrogens with two attached hydrogens (primary N) is 1. The third-order valence-electron chi connectivity index (χ3n) is 2.25. The van der Waals surface area contributed by atoms with E-state index in [-0.39, 0.29) is 18.8 Å². The zero-order valence-corrected chi connectivity index (χ0v) is 9.93. The van der Waals surface area contributed by atoms with E-state index in [1.54, 1.807) is 13.1 Å². The van der Waals surface area contributed by atoms with E-state index in [1.807, 2.05) is 0 Å². The minimum atomic E-state index is -0.424. The molecule has 1 aromatic rings. The van der Waals surface area contributed by atoms with E-state index in [4.69, 9.17) is 10.9 Å². The number of nitrogens with one attached hydrogen (secondary N) is 1. The van der Waals surface area contributed by atoms with Crippen LogP contribution in [0.5, 0.6) is 0 Å². The zero-order valence-electron chi connectivity index (χ0n) is 9.93. The molecule has 6 nitrogen and oxygen atoms in total. The van der Waals surface area contributed by atoms with Gasteiger partial charge in [0.25, 0.3) is 0 Å². The molecule has 0 fully saturated rings. The Morgan fingerprint density at radius 2 is 2.33 bits per heavy atom. The van der Waals surface area contributed by atoms with E-state index < -0.39 is 11.8 Å². The van der Waals surface area contributed by atoms with Gasteiger partial charge in [-0.15, -0.1) is 0 Å². The molecule has 0 aliphatic rings. The van der Waals surface area contributed by atoms with Crippen molar-refractivity contribution in [2.45, 2.75) is 6.42 Å². The fraction of sp³-hybridized carbons (Fsp3) is 0.273. The van der Waals surface area contributed by atoms with Gasteiger partial charge >= 0.3 is 6.03 Å². The highest BCUT2D eigenvalue weighted by molar-refractivity contribution is 5.89. The van der Waals surface area contributed by atoms with Crippen LogP contribution in [-0.4, -0.2) is 35.6 Å². The summed E-state index contributed by atoms with van der Waals surface area (Å²) in [4.78, 5) is 13.0. The molecule has 0 aliphatic carbocycles. The fourth-order valence-electron chi connectivity index (χ4n) is 1.22. The van der Waals surface area contributed by atoms with Crippen LogP contribution < -0.4 is 11.1 Å². The number of rotatable bonds is 4. The number of amidine groups is 1. The van der Waals surface area contributed by atoms with Crippen LogP contribution in [0.25, 0.3) is 0 Å². The first kappa shape index (κ1) is 13.8. The summed E-state index contributed by atoms with van der Waals surface area (Å²) in [6, 6.07) is 5.19. The second-order valence-electron chi connectivity index (χ2n) is 3.70. The second kappa shape index (κ2) is 6.43. The SMILES string of the molecule is CN(CC/C(N)=N/O)C(=O)Nc1cccc(F)c1. The molecular formula is C11H15FN4O2. The monoisotopic (exact) mass is 254 g/mol. The van der Waals surface area contributed by atoms with Gasteiger partial charge in [0.15, 0.2) is 0 Å². The van der Waals surface area contributed by atoms with Crippen LogP contribution in [0.4, 0.5) is 14.9 Å². The van der Waals surface area contributed by atoms with E-state index in [0.717, 1.165) is 0 Å². The van der Waals surface area contributed by atoms with E-state index in [9.17, 15) is 9.18 Å². The molecule has 0 spiro atoms. The standard InChI is InChI=1S/C11H15FN4O2/c1-16(6-5-10(13)15-18)11(17)14-9-4-2-3-8(12)7-9/h2-4,7,18H,5-6H2,1H3,(H2,13,15)(H,14,17). The van der Waals surface area contributed by atoms with Crippen LogP contribution in [0.15, 0.2) is 29.4 Å². The van der Waals surface area contributed by atoms with Gasteiger partial charge in [-0.2, -0.15) is 0 Å². The molecule has 18 heavy (non-hydrogen) atoms. The van der Waals surface area contributed by atoms with Gasteiger partial charge in [-0.3, -0.25) is 0 Å². The maximum atomic E-state index is 12.9. The van der Waals surface area contributed by atoms with Crippen molar-refractivity contribution in [1.82, 2.24) is 4.90 Å². The smallest absolute Gasteiger partial charge is 0.321 e. The van der Waals surface area contributed by atoms with Crippen LogP contribution in [-0.2, 0) is 0 Å². The third-order valence-corrected chi connectivity index (χ3v) is 2.25. The molecule has 0 radical (unpaired) electrons. The lowest BCUT2D eigenvalue weighted by Crippen LogP contribution is -2.34. The molecule has 98 valence electrons. The number of hydrogen-bond donors (Lipinski definition) is 3. The van der Waals surface area contributed by atoms with Crippen molar-refractivity contribution in [3.8, 4) is 0 Å². The summed E-state index contributed by atoms with van der Waals surface area (Å²) in [6.07, 6.45) is 0.254. The van der Waals surface area contributed by atoms with Gasteiger partial charge in [0.1, 0.15) is 11.7 Å². The van der Waals surface area contributed by atoms with Crippen molar-refractivity contribution < 1.29 is 14.4 Å². The van der Waals surface area contributed by atoms with Crippen molar-refractivity contribution >= 4 is 17.6 Å². The summed E-state index contributed by atoms with van der Waals surface area (Å²) in [5.41, 5.74) is 5.66. The lowest BCUT2D eigenvalue weighted by molar-refractivity contribution is 0.223. The highest BCUT2D eigenvalue weighted by Crippen LogP contribution is 2.09. The Morgan fingerprint density at radius 3 is 2.94 bits per heavy atom. The lowest BCUT2D eigenvalue weighted by Gasteiger charge is -2.17. The number of benzene rings is 1. The topological polar surface area (TPSA) is 90.9 Å². The zero-order chi connectivity index (χ0) is 13.5. The van der Waals surface area contributed by atoms with Crippen molar-refractivity contribution in [1.29, 1.82) is 0 Å². The predicted octanol–water partition coefficient (Wildman–Crippen LogP) is 1.43. The summed E-state index contributed by atoms with van der Waals surface area (Å²) in [5.74, 6) is -0.382. The maximum Gasteiger partial charge on any atom is 0.321 e. The van der Waals surface area contributed by atoms with Crippen LogP contribution >= 0.6 is 0 Å². The molecule has 0 bridgehead atoms. The largest absolute Gasteiger partial charge is 0.409 e. The first-order chi connectivity index (χ1) is 8.52. The molecule has 2 amide bonds. The van der Waals surface area contributed by atoms with Crippen LogP contribution in [0.3, 0.4) is 0 Å². The Balaban J connectivity index is 2.50. The summed E-state index contributed by atoms with van der Waals surface area (Å²) < 4.78 is 12.9. The van der Waals surface area contributed by atoms with Gasteiger partial charge in [0.2, 0.25) is 0 Å². The number of oxime groups is 1. The lowest BCUT2D eigenvalue weighted by atomic mass is 10.3. The molecule has 0 saturated heterocycles. The number of anilines is 1. The molecule has 1 aromatic carbocycles. The van der Waals surface area contributed by atoms with Crippen molar-refractivity contribution in [3.05, 3.63) is 30.1 Å². The number of halogens is 1. The highest BCUT2D eigenvalue weighted by atomic mass is 19.1. The fourth-order valence-corrected chi connectivity index (χ4v) is 1.22. The molecule has 0 aliphatic heterocycles. The van der Waals surface area contributed by atoms with E-state index in [1.165, 1.54) is 23.1 Å². The molecule has 1 rings (SSSR count). The van der Waals surface area contributed by atoms with Crippen LogP contribution in [0, 0.1) is 5.82 Å². The molecule has 0 unspecified atom stereocenters. The minimum absolute atomic E-state index is 0.0420. The Hall–Kier alpha value is -2.31. The second-order valence-corrected chi connectivity index (χ2v) is 3.70. The number of carbonyl (C=O) groups excluding carboxylic acids is 1. The molecule has 0 aromatic heterocycles. The summed E-state index contributed by atoms with van der Waals surface area (Å²) in [5, 5.41) is 13.7. The van der Waals surface area contributed by atoms with Crippen molar-refractivity contribution in [3.63, 3.8) is 0 Å². The van der Waals surface area contributed by atoms with E-state index in [2.05, 4.69) is 10.5 Å². The van der Waals surface area contributed by atoms with Crippen molar-refractivity contribution in [2.75, 3.05) is 18.9 Å². The Kier molecular flexibility index (Phi) is 4.91. The van der Waals surface area contributed by atoms with Gasteiger partial charge in [-0.1, -0.05) is 11.2 Å². The number of urea groups is 1. The van der Waals surface area contributed by atoms with Gasteiger partial charge in [0.05, 0.1) is 0 Å². The van der Waals surface area contributed by atoms with Gasteiger partial charge in [-0.05, 0) is 18.2 Å². The van der Waals surface area contributed by atoms with Gasteiger partial charge in [-0.25, -0.2) is 9.18 Å². The van der Waals surface area contributed by atoms with Gasteiger partial charge < -0.3 is 21.2 Å². The minimum Gasteiger partial charge on any atom is -0.409 e. The Labute approximate surface area is 104 Å². The quantitative estimate of drug-likeness (QED) is 0.328.